The molecule has 0 unspecified atom stereocenters. The van der Waals surface area contributed by atoms with E-state index >= 15 is 0 Å². The molecule has 4 nitrogen and oxygen atoms in total. The van der Waals surface area contributed by atoms with Crippen molar-refractivity contribution in [3.63, 3.8) is 0 Å². The highest BCUT2D eigenvalue weighted by Gasteiger charge is 2.29. The zero-order valence-electron chi connectivity index (χ0n) is 12.2. The van der Waals surface area contributed by atoms with Crippen LogP contribution in [-0.4, -0.2) is 20.6 Å². The van der Waals surface area contributed by atoms with Gasteiger partial charge in [0.2, 0.25) is 0 Å². The first-order valence-corrected chi connectivity index (χ1v) is 7.23. The van der Waals surface area contributed by atoms with Crippen molar-refractivity contribution in [2.45, 2.75) is 32.3 Å². The molecule has 0 saturated heterocycles. The molecule has 0 amide bonds. The molecule has 0 aliphatic carbocycles. The van der Waals surface area contributed by atoms with Gasteiger partial charge in [-0.25, -0.2) is 4.98 Å². The number of ether oxygens (including phenoxy) is 1. The Morgan fingerprint density at radius 1 is 1.24 bits per heavy atom. The SMILES string of the molecule is CC1(C)CCc2cccc(-c3nc4ccncc4[nH]3)c2O1. The summed E-state index contributed by atoms with van der Waals surface area (Å²) in [6, 6.07) is 8.18. The van der Waals surface area contributed by atoms with E-state index in [0.29, 0.717) is 0 Å². The lowest BCUT2D eigenvalue weighted by atomic mass is 9.92. The summed E-state index contributed by atoms with van der Waals surface area (Å²) in [5.74, 6) is 1.80. The third kappa shape index (κ3) is 2.07. The molecule has 21 heavy (non-hydrogen) atoms. The average Bonchev–Trinajstić information content (AvgIpc) is 2.89. The summed E-state index contributed by atoms with van der Waals surface area (Å²) in [5.41, 5.74) is 4.02. The van der Waals surface area contributed by atoms with E-state index in [0.717, 1.165) is 41.0 Å². The summed E-state index contributed by atoms with van der Waals surface area (Å²) in [6.07, 6.45) is 5.63. The number of rotatable bonds is 1. The molecule has 4 rings (SSSR count). The van der Waals surface area contributed by atoms with E-state index in [2.05, 4.69) is 47.0 Å². The minimum Gasteiger partial charge on any atom is -0.487 e. The van der Waals surface area contributed by atoms with Crippen LogP contribution in [0, 0.1) is 0 Å². The van der Waals surface area contributed by atoms with Crippen LogP contribution in [0.3, 0.4) is 0 Å². The number of aromatic amines is 1. The molecule has 0 bridgehead atoms. The van der Waals surface area contributed by atoms with Gasteiger partial charge in [0.15, 0.2) is 0 Å². The van der Waals surface area contributed by atoms with Crippen LogP contribution >= 0.6 is 0 Å². The van der Waals surface area contributed by atoms with Crippen molar-refractivity contribution in [3.05, 3.63) is 42.2 Å². The molecule has 2 aromatic heterocycles. The zero-order valence-corrected chi connectivity index (χ0v) is 12.2. The molecule has 0 spiro atoms. The van der Waals surface area contributed by atoms with Gasteiger partial charge in [-0.1, -0.05) is 12.1 Å². The predicted molar refractivity (Wildman–Crippen MR) is 82.4 cm³/mol. The van der Waals surface area contributed by atoms with E-state index in [9.17, 15) is 0 Å². The van der Waals surface area contributed by atoms with Crippen LogP contribution in [0.4, 0.5) is 0 Å². The Balaban J connectivity index is 1.89. The van der Waals surface area contributed by atoms with Crippen molar-refractivity contribution in [2.24, 2.45) is 0 Å². The molecule has 1 aliphatic heterocycles. The van der Waals surface area contributed by atoms with Crippen LogP contribution in [0.1, 0.15) is 25.8 Å². The van der Waals surface area contributed by atoms with Gasteiger partial charge in [0.25, 0.3) is 0 Å². The Kier molecular flexibility index (Phi) is 2.55. The molecule has 1 N–H and O–H groups in total. The molecule has 106 valence electrons. The van der Waals surface area contributed by atoms with Crippen LogP contribution in [0.5, 0.6) is 5.75 Å². The molecule has 3 heterocycles. The van der Waals surface area contributed by atoms with Crippen molar-refractivity contribution >= 4 is 11.0 Å². The van der Waals surface area contributed by atoms with E-state index in [1.807, 2.05) is 6.07 Å². The fraction of sp³-hybridized carbons (Fsp3) is 0.294. The zero-order chi connectivity index (χ0) is 14.4. The van der Waals surface area contributed by atoms with Crippen LogP contribution < -0.4 is 4.74 Å². The van der Waals surface area contributed by atoms with Gasteiger partial charge < -0.3 is 9.72 Å². The molecule has 1 aromatic carbocycles. The third-order valence-corrected chi connectivity index (χ3v) is 4.01. The van der Waals surface area contributed by atoms with Gasteiger partial charge in [-0.3, -0.25) is 4.98 Å². The first-order chi connectivity index (χ1) is 10.1. The molecular formula is C17H17N3O. The summed E-state index contributed by atoms with van der Waals surface area (Å²) in [6.45, 7) is 4.27. The minimum absolute atomic E-state index is 0.128. The Hall–Kier alpha value is -2.36. The van der Waals surface area contributed by atoms with Gasteiger partial charge in [-0.15, -0.1) is 0 Å². The van der Waals surface area contributed by atoms with Crippen molar-refractivity contribution in [2.75, 3.05) is 0 Å². The number of nitrogens with one attached hydrogen (secondary N) is 1. The maximum atomic E-state index is 6.23. The summed E-state index contributed by atoms with van der Waals surface area (Å²) in [4.78, 5) is 12.1. The first-order valence-electron chi connectivity index (χ1n) is 7.23. The van der Waals surface area contributed by atoms with Crippen LogP contribution in [0.25, 0.3) is 22.4 Å². The molecule has 0 fully saturated rings. The smallest absolute Gasteiger partial charge is 0.142 e. The van der Waals surface area contributed by atoms with E-state index in [-0.39, 0.29) is 5.60 Å². The number of aromatic nitrogens is 3. The van der Waals surface area contributed by atoms with Crippen molar-refractivity contribution in [3.8, 4) is 17.1 Å². The van der Waals surface area contributed by atoms with Gasteiger partial charge in [0.05, 0.1) is 22.8 Å². The minimum atomic E-state index is -0.128. The molecule has 3 aromatic rings. The Labute approximate surface area is 123 Å². The lowest BCUT2D eigenvalue weighted by Crippen LogP contribution is -2.32. The maximum absolute atomic E-state index is 6.23. The normalized spacial score (nSPS) is 16.5. The number of benzene rings is 1. The van der Waals surface area contributed by atoms with Crippen molar-refractivity contribution in [1.29, 1.82) is 0 Å². The summed E-state index contributed by atoms with van der Waals surface area (Å²) < 4.78 is 6.23. The Morgan fingerprint density at radius 3 is 3.00 bits per heavy atom. The highest BCUT2D eigenvalue weighted by molar-refractivity contribution is 5.80. The summed E-state index contributed by atoms with van der Waals surface area (Å²) in [7, 11) is 0. The lowest BCUT2D eigenvalue weighted by molar-refractivity contribution is 0.0854. The van der Waals surface area contributed by atoms with Gasteiger partial charge in [-0.2, -0.15) is 0 Å². The largest absolute Gasteiger partial charge is 0.487 e. The Bertz CT molecular complexity index is 787. The first kappa shape index (κ1) is 12.4. The number of hydrogen-bond acceptors (Lipinski definition) is 3. The summed E-state index contributed by atoms with van der Waals surface area (Å²) >= 11 is 0. The van der Waals surface area contributed by atoms with Crippen LogP contribution in [0.2, 0.25) is 0 Å². The van der Waals surface area contributed by atoms with Crippen molar-refractivity contribution in [1.82, 2.24) is 15.0 Å². The number of imidazole rings is 1. The van der Waals surface area contributed by atoms with Gasteiger partial charge in [0.1, 0.15) is 17.2 Å². The predicted octanol–water partition coefficient (Wildman–Crippen LogP) is 3.73. The van der Waals surface area contributed by atoms with Gasteiger partial charge >= 0.3 is 0 Å². The van der Waals surface area contributed by atoms with E-state index in [1.54, 1.807) is 12.4 Å². The fourth-order valence-electron chi connectivity index (χ4n) is 2.84. The molecule has 1 aliphatic rings. The number of para-hydroxylation sites is 1. The molecule has 0 saturated carbocycles. The number of pyridine rings is 1. The highest BCUT2D eigenvalue weighted by atomic mass is 16.5. The number of hydrogen-bond donors (Lipinski definition) is 1. The number of aryl methyl sites for hydroxylation is 1. The van der Waals surface area contributed by atoms with Crippen LogP contribution in [0.15, 0.2) is 36.7 Å². The second-order valence-electron chi connectivity index (χ2n) is 6.13. The van der Waals surface area contributed by atoms with Gasteiger partial charge in [-0.05, 0) is 44.4 Å². The molecule has 4 heteroatoms. The topological polar surface area (TPSA) is 50.8 Å². The second kappa shape index (κ2) is 4.32. The maximum Gasteiger partial charge on any atom is 0.142 e. The quantitative estimate of drug-likeness (QED) is 0.738. The molecule has 0 atom stereocenters. The third-order valence-electron chi connectivity index (χ3n) is 4.01. The standard InChI is InChI=1S/C17H17N3O/c1-17(2)8-6-11-4-3-5-12(15(11)21-17)16-19-13-7-9-18-10-14(13)20-16/h3-5,7,9-10H,6,8H2,1-2H3,(H,19,20). The molecule has 0 radical (unpaired) electrons. The lowest BCUT2D eigenvalue weighted by Gasteiger charge is -2.33. The number of H-pyrrole nitrogens is 1. The second-order valence-corrected chi connectivity index (χ2v) is 6.13. The molecular weight excluding hydrogens is 262 g/mol. The Morgan fingerprint density at radius 2 is 2.14 bits per heavy atom. The van der Waals surface area contributed by atoms with E-state index in [1.165, 1.54) is 5.56 Å². The fourth-order valence-corrected chi connectivity index (χ4v) is 2.84. The summed E-state index contributed by atoms with van der Waals surface area (Å²) in [5, 5.41) is 0. The van der Waals surface area contributed by atoms with E-state index in [4.69, 9.17) is 4.74 Å². The van der Waals surface area contributed by atoms with Crippen LogP contribution in [-0.2, 0) is 6.42 Å². The number of fused-ring (bicyclic) bond motifs is 2. The number of nitrogens with zero attached hydrogens (tertiary/aromatic N) is 2. The van der Waals surface area contributed by atoms with E-state index < -0.39 is 0 Å². The van der Waals surface area contributed by atoms with Gasteiger partial charge in [0, 0.05) is 6.20 Å². The monoisotopic (exact) mass is 279 g/mol. The highest BCUT2D eigenvalue weighted by Crippen LogP contribution is 2.40. The average molecular weight is 279 g/mol. The van der Waals surface area contributed by atoms with Crippen molar-refractivity contribution < 1.29 is 4.74 Å².